The van der Waals surface area contributed by atoms with Crippen LogP contribution < -0.4 is 0 Å². The molecule has 0 saturated heterocycles. The summed E-state index contributed by atoms with van der Waals surface area (Å²) in [4.78, 5) is 11.6. The number of hydrogen-bond acceptors (Lipinski definition) is 3. The molecule has 0 aromatic carbocycles. The van der Waals surface area contributed by atoms with Crippen LogP contribution in [0.4, 0.5) is 0 Å². The minimum Gasteiger partial charge on any atom is -0.477 e. The van der Waals surface area contributed by atoms with Crippen LogP contribution >= 0.6 is 0 Å². The summed E-state index contributed by atoms with van der Waals surface area (Å²) in [5, 5.41) is 9.43. The monoisotopic (exact) mass is 349 g/mol. The van der Waals surface area contributed by atoms with Crippen molar-refractivity contribution in [2.75, 3.05) is 6.54 Å². The third kappa shape index (κ3) is 2.29. The lowest BCUT2D eigenvalue weighted by molar-refractivity contribution is 0.0684. The third-order valence-corrected chi connectivity index (χ3v) is 6.81. The topological polar surface area (TPSA) is 84.5 Å². The van der Waals surface area contributed by atoms with Crippen LogP contribution in [0, 0.1) is 6.92 Å². The Morgan fingerprint density at radius 2 is 2.04 bits per heavy atom. The fourth-order valence-electron chi connectivity index (χ4n) is 3.46. The molecule has 0 amide bonds. The van der Waals surface area contributed by atoms with E-state index < -0.39 is 16.0 Å². The van der Waals surface area contributed by atoms with E-state index in [-0.39, 0.29) is 16.6 Å². The average molecular weight is 349 g/mol. The molecule has 1 saturated carbocycles. The van der Waals surface area contributed by atoms with Gasteiger partial charge in [0.05, 0.1) is 6.54 Å². The van der Waals surface area contributed by atoms with Gasteiger partial charge in [-0.05, 0) is 38.0 Å². The molecule has 2 aromatic rings. The van der Waals surface area contributed by atoms with Gasteiger partial charge in [0, 0.05) is 36.7 Å². The number of rotatable bonds is 4. The average Bonchev–Trinajstić information content (AvgIpc) is 3.14. The zero-order chi connectivity index (χ0) is 17.1. The molecule has 1 aliphatic heterocycles. The van der Waals surface area contributed by atoms with Gasteiger partial charge in [0.2, 0.25) is 10.0 Å². The first-order valence-electron chi connectivity index (χ1n) is 7.99. The Morgan fingerprint density at radius 1 is 1.29 bits per heavy atom. The standard InChI is InChI=1S/C16H19N3O4S/c1-11-15(9-14(16(20)21)19(11)12-4-5-12)24(22,23)18-8-7-17-6-2-3-13(17)10-18/h2-3,6,9,12H,4-5,7-8,10H2,1H3,(H,20,21). The first-order chi connectivity index (χ1) is 11.4. The number of fused-ring (bicyclic) bond motifs is 1. The smallest absolute Gasteiger partial charge is 0.352 e. The van der Waals surface area contributed by atoms with E-state index in [0.29, 0.717) is 25.3 Å². The fourth-order valence-corrected chi connectivity index (χ4v) is 5.10. The van der Waals surface area contributed by atoms with Crippen molar-refractivity contribution in [1.82, 2.24) is 13.4 Å². The quantitative estimate of drug-likeness (QED) is 0.913. The lowest BCUT2D eigenvalue weighted by Crippen LogP contribution is -2.38. The Labute approximate surface area is 140 Å². The summed E-state index contributed by atoms with van der Waals surface area (Å²) in [5.41, 5.74) is 1.53. The maximum atomic E-state index is 13.1. The van der Waals surface area contributed by atoms with Gasteiger partial charge >= 0.3 is 5.97 Å². The number of aromatic carboxylic acids is 1. The van der Waals surface area contributed by atoms with Crippen LogP contribution in [-0.4, -0.2) is 39.5 Å². The summed E-state index contributed by atoms with van der Waals surface area (Å²) in [6.45, 7) is 3.01. The summed E-state index contributed by atoms with van der Waals surface area (Å²) in [6, 6.07) is 5.24. The Bertz CT molecular complexity index is 921. The molecule has 8 heteroatoms. The van der Waals surface area contributed by atoms with Gasteiger partial charge in [-0.25, -0.2) is 13.2 Å². The number of sulfonamides is 1. The summed E-state index contributed by atoms with van der Waals surface area (Å²) in [5.74, 6) is -1.08. The number of carbonyl (C=O) groups is 1. The largest absolute Gasteiger partial charge is 0.477 e. The molecule has 1 fully saturated rings. The number of aromatic nitrogens is 2. The van der Waals surface area contributed by atoms with Crippen molar-refractivity contribution < 1.29 is 18.3 Å². The van der Waals surface area contributed by atoms with Crippen molar-refractivity contribution >= 4 is 16.0 Å². The highest BCUT2D eigenvalue weighted by Gasteiger charge is 2.36. The van der Waals surface area contributed by atoms with Crippen molar-refractivity contribution in [2.24, 2.45) is 0 Å². The van der Waals surface area contributed by atoms with E-state index in [2.05, 4.69) is 0 Å². The zero-order valence-corrected chi connectivity index (χ0v) is 14.2. The molecule has 2 aromatic heterocycles. The van der Waals surface area contributed by atoms with Gasteiger partial charge in [-0.15, -0.1) is 0 Å². The second-order valence-electron chi connectivity index (χ2n) is 6.42. The summed E-state index contributed by atoms with van der Waals surface area (Å²) in [6.07, 6.45) is 3.73. The molecule has 0 radical (unpaired) electrons. The van der Waals surface area contributed by atoms with E-state index in [4.69, 9.17) is 0 Å². The molecule has 0 unspecified atom stereocenters. The molecule has 7 nitrogen and oxygen atoms in total. The first-order valence-corrected chi connectivity index (χ1v) is 9.43. The second kappa shape index (κ2) is 5.22. The van der Waals surface area contributed by atoms with Crippen LogP contribution in [0.15, 0.2) is 29.3 Å². The molecule has 0 bridgehead atoms. The molecule has 1 aliphatic carbocycles. The van der Waals surface area contributed by atoms with E-state index in [0.717, 1.165) is 18.5 Å². The van der Waals surface area contributed by atoms with Gasteiger partial charge < -0.3 is 14.2 Å². The number of hydrogen-bond donors (Lipinski definition) is 1. The predicted octanol–water partition coefficient (Wildman–Crippen LogP) is 1.84. The minimum atomic E-state index is -3.72. The van der Waals surface area contributed by atoms with E-state index in [1.54, 1.807) is 11.5 Å². The van der Waals surface area contributed by atoms with Gasteiger partial charge in [0.25, 0.3) is 0 Å². The molecule has 2 aliphatic rings. The highest BCUT2D eigenvalue weighted by atomic mass is 32.2. The Hall–Kier alpha value is -2.06. The predicted molar refractivity (Wildman–Crippen MR) is 86.4 cm³/mol. The third-order valence-electron chi connectivity index (χ3n) is 4.85. The molecule has 3 heterocycles. The van der Waals surface area contributed by atoms with Crippen LogP contribution in [0.25, 0.3) is 0 Å². The second-order valence-corrected chi connectivity index (χ2v) is 8.32. The van der Waals surface area contributed by atoms with Gasteiger partial charge in [0.1, 0.15) is 10.6 Å². The Balaban J connectivity index is 1.75. The van der Waals surface area contributed by atoms with E-state index in [1.807, 2.05) is 22.9 Å². The fraction of sp³-hybridized carbons (Fsp3) is 0.438. The van der Waals surface area contributed by atoms with Gasteiger partial charge in [-0.3, -0.25) is 0 Å². The lowest BCUT2D eigenvalue weighted by atomic mass is 10.3. The minimum absolute atomic E-state index is 0.0639. The van der Waals surface area contributed by atoms with Gasteiger partial charge in [-0.1, -0.05) is 0 Å². The van der Waals surface area contributed by atoms with Crippen molar-refractivity contribution in [3.63, 3.8) is 0 Å². The maximum absolute atomic E-state index is 13.1. The summed E-state index contributed by atoms with van der Waals surface area (Å²) >= 11 is 0. The molecule has 0 spiro atoms. The van der Waals surface area contributed by atoms with Crippen LogP contribution in [-0.2, 0) is 23.1 Å². The van der Waals surface area contributed by atoms with Crippen LogP contribution in [0.2, 0.25) is 0 Å². The van der Waals surface area contributed by atoms with E-state index in [1.165, 1.54) is 10.4 Å². The van der Waals surface area contributed by atoms with Gasteiger partial charge in [0.15, 0.2) is 0 Å². The molecular weight excluding hydrogens is 330 g/mol. The molecule has 24 heavy (non-hydrogen) atoms. The number of carboxylic acids is 1. The molecule has 4 rings (SSSR count). The maximum Gasteiger partial charge on any atom is 0.352 e. The lowest BCUT2D eigenvalue weighted by Gasteiger charge is -2.27. The number of nitrogens with zero attached hydrogens (tertiary/aromatic N) is 3. The zero-order valence-electron chi connectivity index (χ0n) is 13.3. The van der Waals surface area contributed by atoms with Gasteiger partial charge in [-0.2, -0.15) is 4.31 Å². The summed E-state index contributed by atoms with van der Waals surface area (Å²) in [7, 11) is -3.72. The Morgan fingerprint density at radius 3 is 2.71 bits per heavy atom. The Kier molecular flexibility index (Phi) is 3.36. The van der Waals surface area contributed by atoms with Crippen molar-refractivity contribution in [3.05, 3.63) is 41.5 Å². The number of carboxylic acid groups (broad SMARTS) is 1. The summed E-state index contributed by atoms with van der Waals surface area (Å²) < 4.78 is 31.3. The van der Waals surface area contributed by atoms with E-state index >= 15 is 0 Å². The van der Waals surface area contributed by atoms with E-state index in [9.17, 15) is 18.3 Å². The normalized spacial score (nSPS) is 18.5. The SMILES string of the molecule is Cc1c(S(=O)(=O)N2CCn3cccc3C2)cc(C(=O)O)n1C1CC1. The van der Waals surface area contributed by atoms with Crippen LogP contribution in [0.5, 0.6) is 0 Å². The molecule has 1 N–H and O–H groups in total. The molecule has 128 valence electrons. The highest BCUT2D eigenvalue weighted by Crippen LogP contribution is 2.40. The van der Waals surface area contributed by atoms with Crippen LogP contribution in [0.3, 0.4) is 0 Å². The molecular formula is C16H19N3O4S. The van der Waals surface area contributed by atoms with Crippen LogP contribution in [0.1, 0.15) is 40.8 Å². The van der Waals surface area contributed by atoms with Crippen molar-refractivity contribution in [3.8, 4) is 0 Å². The molecule has 0 atom stereocenters. The highest BCUT2D eigenvalue weighted by molar-refractivity contribution is 7.89. The van der Waals surface area contributed by atoms with Crippen molar-refractivity contribution in [1.29, 1.82) is 0 Å². The first kappa shape index (κ1) is 15.5. The van der Waals surface area contributed by atoms with Crippen molar-refractivity contribution in [2.45, 2.75) is 43.8 Å².